The fraction of sp³-hybridized carbons (Fsp3) is 0.500. The smallest absolute Gasteiger partial charge is 0.220 e. The maximum absolute atomic E-state index is 11.6. The largest absolute Gasteiger partial charge is 0.496 e. The van der Waals surface area contributed by atoms with E-state index in [2.05, 4.69) is 5.32 Å². The van der Waals surface area contributed by atoms with Gasteiger partial charge >= 0.3 is 0 Å². The molecule has 0 spiro atoms. The molecular weight excluding hydrogens is 228 g/mol. The molecule has 0 radical (unpaired) electrons. The summed E-state index contributed by atoms with van der Waals surface area (Å²) in [6.45, 7) is 1.39. The van der Waals surface area contributed by atoms with E-state index in [1.807, 2.05) is 24.3 Å². The molecule has 0 fully saturated rings. The van der Waals surface area contributed by atoms with E-state index in [0.717, 1.165) is 24.2 Å². The number of hydrogen-bond donors (Lipinski definition) is 2. The van der Waals surface area contributed by atoms with Crippen molar-refractivity contribution in [2.45, 2.75) is 25.7 Å². The van der Waals surface area contributed by atoms with Crippen molar-refractivity contribution in [3.05, 3.63) is 29.8 Å². The Labute approximate surface area is 109 Å². The molecule has 0 unspecified atom stereocenters. The van der Waals surface area contributed by atoms with Crippen molar-refractivity contribution in [1.82, 2.24) is 5.32 Å². The monoisotopic (exact) mass is 250 g/mol. The van der Waals surface area contributed by atoms with Crippen molar-refractivity contribution in [3.63, 3.8) is 0 Å². The van der Waals surface area contributed by atoms with Crippen molar-refractivity contribution in [2.24, 2.45) is 5.73 Å². The van der Waals surface area contributed by atoms with Gasteiger partial charge in [-0.3, -0.25) is 4.79 Å². The molecule has 0 heterocycles. The molecule has 0 aliphatic heterocycles. The van der Waals surface area contributed by atoms with Gasteiger partial charge in [-0.1, -0.05) is 18.2 Å². The second kappa shape index (κ2) is 8.53. The second-order valence-electron chi connectivity index (χ2n) is 4.16. The molecule has 100 valence electrons. The van der Waals surface area contributed by atoms with E-state index in [0.29, 0.717) is 25.9 Å². The number of ether oxygens (including phenoxy) is 1. The summed E-state index contributed by atoms with van der Waals surface area (Å²) in [5.74, 6) is 0.923. The molecular formula is C14H22N2O2. The van der Waals surface area contributed by atoms with E-state index in [1.54, 1.807) is 7.11 Å². The van der Waals surface area contributed by atoms with Crippen LogP contribution in [0.1, 0.15) is 24.8 Å². The van der Waals surface area contributed by atoms with Crippen molar-refractivity contribution in [2.75, 3.05) is 20.2 Å². The van der Waals surface area contributed by atoms with Crippen LogP contribution in [0.4, 0.5) is 0 Å². The fourth-order valence-corrected chi connectivity index (χ4v) is 1.74. The summed E-state index contributed by atoms with van der Waals surface area (Å²) in [4.78, 5) is 11.6. The first kappa shape index (κ1) is 14.5. The molecule has 0 bridgehead atoms. The third-order valence-corrected chi connectivity index (χ3v) is 2.77. The first-order valence-corrected chi connectivity index (χ1v) is 6.36. The summed E-state index contributed by atoms with van der Waals surface area (Å²) < 4.78 is 5.25. The fourth-order valence-electron chi connectivity index (χ4n) is 1.74. The molecule has 0 aliphatic carbocycles. The average molecular weight is 250 g/mol. The quantitative estimate of drug-likeness (QED) is 0.687. The molecule has 18 heavy (non-hydrogen) atoms. The molecule has 1 aromatic rings. The van der Waals surface area contributed by atoms with Gasteiger partial charge in [0.05, 0.1) is 7.11 Å². The summed E-state index contributed by atoms with van der Waals surface area (Å²) in [6, 6.07) is 7.78. The van der Waals surface area contributed by atoms with Crippen LogP contribution in [0.3, 0.4) is 0 Å². The van der Waals surface area contributed by atoms with Crippen LogP contribution < -0.4 is 15.8 Å². The number of carbonyl (C=O) groups is 1. The van der Waals surface area contributed by atoms with E-state index < -0.39 is 0 Å². The third-order valence-electron chi connectivity index (χ3n) is 2.77. The Balaban J connectivity index is 2.29. The number of hydrogen-bond acceptors (Lipinski definition) is 3. The lowest BCUT2D eigenvalue weighted by molar-refractivity contribution is -0.121. The highest BCUT2D eigenvalue weighted by molar-refractivity contribution is 5.76. The van der Waals surface area contributed by atoms with Crippen molar-refractivity contribution >= 4 is 5.91 Å². The van der Waals surface area contributed by atoms with E-state index in [4.69, 9.17) is 10.5 Å². The number of carbonyl (C=O) groups excluding carboxylic acids is 1. The van der Waals surface area contributed by atoms with Gasteiger partial charge in [0.15, 0.2) is 0 Å². The van der Waals surface area contributed by atoms with E-state index in [9.17, 15) is 4.79 Å². The molecule has 0 atom stereocenters. The molecule has 4 nitrogen and oxygen atoms in total. The number of benzene rings is 1. The van der Waals surface area contributed by atoms with E-state index in [1.165, 1.54) is 0 Å². The van der Waals surface area contributed by atoms with Crippen LogP contribution in [-0.2, 0) is 11.2 Å². The molecule has 0 aromatic heterocycles. The van der Waals surface area contributed by atoms with Crippen molar-refractivity contribution < 1.29 is 9.53 Å². The van der Waals surface area contributed by atoms with Gasteiger partial charge in [0.2, 0.25) is 5.91 Å². The number of methoxy groups -OCH3 is 1. The first-order chi connectivity index (χ1) is 8.77. The molecule has 1 amide bonds. The summed E-state index contributed by atoms with van der Waals surface area (Å²) in [5, 5.41) is 2.89. The Bertz CT molecular complexity index is 367. The molecule has 0 aliphatic rings. The van der Waals surface area contributed by atoms with Gasteiger partial charge in [-0.15, -0.1) is 0 Å². The third kappa shape index (κ3) is 5.19. The van der Waals surface area contributed by atoms with Crippen molar-refractivity contribution in [1.29, 1.82) is 0 Å². The summed E-state index contributed by atoms with van der Waals surface area (Å²) in [5.41, 5.74) is 6.45. The minimum absolute atomic E-state index is 0.0814. The summed E-state index contributed by atoms with van der Waals surface area (Å²) in [6.07, 6.45) is 3.08. The summed E-state index contributed by atoms with van der Waals surface area (Å²) >= 11 is 0. The minimum Gasteiger partial charge on any atom is -0.496 e. The Kier molecular flexibility index (Phi) is 6.87. The van der Waals surface area contributed by atoms with E-state index >= 15 is 0 Å². The standard InChI is InChI=1S/C14H22N2O2/c1-18-13-7-3-2-6-12(13)8-9-14(17)16-11-5-4-10-15/h2-3,6-7H,4-5,8-11,15H2,1H3,(H,16,17). The zero-order valence-electron chi connectivity index (χ0n) is 10.9. The first-order valence-electron chi connectivity index (χ1n) is 6.36. The number of rotatable bonds is 8. The van der Waals surface area contributed by atoms with Crippen LogP contribution in [0.25, 0.3) is 0 Å². The van der Waals surface area contributed by atoms with Gasteiger partial charge in [-0.2, -0.15) is 0 Å². The lowest BCUT2D eigenvalue weighted by atomic mass is 10.1. The van der Waals surface area contributed by atoms with Gasteiger partial charge in [0, 0.05) is 13.0 Å². The van der Waals surface area contributed by atoms with Crippen LogP contribution in [0.2, 0.25) is 0 Å². The highest BCUT2D eigenvalue weighted by atomic mass is 16.5. The summed E-state index contributed by atoms with van der Waals surface area (Å²) in [7, 11) is 1.64. The topological polar surface area (TPSA) is 64.3 Å². The van der Waals surface area contributed by atoms with Crippen LogP contribution in [0.5, 0.6) is 5.75 Å². The van der Waals surface area contributed by atoms with E-state index in [-0.39, 0.29) is 5.91 Å². The Morgan fingerprint density at radius 1 is 1.33 bits per heavy atom. The maximum atomic E-state index is 11.6. The highest BCUT2D eigenvalue weighted by Gasteiger charge is 2.05. The molecule has 4 heteroatoms. The van der Waals surface area contributed by atoms with Crippen LogP contribution in [0.15, 0.2) is 24.3 Å². The molecule has 0 saturated carbocycles. The van der Waals surface area contributed by atoms with Gasteiger partial charge in [-0.25, -0.2) is 0 Å². The Hall–Kier alpha value is -1.55. The predicted octanol–water partition coefficient (Wildman–Crippen LogP) is 1.48. The van der Waals surface area contributed by atoms with Gasteiger partial charge in [-0.05, 0) is 37.4 Å². The van der Waals surface area contributed by atoms with Crippen molar-refractivity contribution in [3.8, 4) is 5.75 Å². The van der Waals surface area contributed by atoms with Gasteiger partial charge < -0.3 is 15.8 Å². The maximum Gasteiger partial charge on any atom is 0.220 e. The lowest BCUT2D eigenvalue weighted by Gasteiger charge is -2.08. The number of nitrogens with two attached hydrogens (primary N) is 1. The average Bonchev–Trinajstić information content (AvgIpc) is 2.41. The number of amides is 1. The molecule has 1 rings (SSSR count). The zero-order valence-corrected chi connectivity index (χ0v) is 10.9. The lowest BCUT2D eigenvalue weighted by Crippen LogP contribution is -2.25. The molecule has 1 aromatic carbocycles. The highest BCUT2D eigenvalue weighted by Crippen LogP contribution is 2.18. The number of unbranched alkanes of at least 4 members (excludes halogenated alkanes) is 1. The Morgan fingerprint density at radius 2 is 2.11 bits per heavy atom. The SMILES string of the molecule is COc1ccccc1CCC(=O)NCCCCN. The zero-order chi connectivity index (χ0) is 13.2. The predicted molar refractivity (Wildman–Crippen MR) is 72.6 cm³/mol. The van der Waals surface area contributed by atoms with Crippen LogP contribution in [0, 0.1) is 0 Å². The Morgan fingerprint density at radius 3 is 2.83 bits per heavy atom. The van der Waals surface area contributed by atoms with Crippen LogP contribution >= 0.6 is 0 Å². The minimum atomic E-state index is 0.0814. The van der Waals surface area contributed by atoms with Gasteiger partial charge in [0.25, 0.3) is 0 Å². The molecule has 3 N–H and O–H groups in total. The normalized spacial score (nSPS) is 10.1. The number of nitrogens with one attached hydrogen (secondary N) is 1. The molecule has 0 saturated heterocycles. The second-order valence-corrected chi connectivity index (χ2v) is 4.16. The number of para-hydroxylation sites is 1. The van der Waals surface area contributed by atoms with Gasteiger partial charge in [0.1, 0.15) is 5.75 Å². The number of aryl methyl sites for hydroxylation is 1. The van der Waals surface area contributed by atoms with Crippen LogP contribution in [-0.4, -0.2) is 26.1 Å².